The van der Waals surface area contributed by atoms with Gasteiger partial charge in [-0.15, -0.1) is 11.3 Å². The summed E-state index contributed by atoms with van der Waals surface area (Å²) in [5.41, 5.74) is 1.14. The Hall–Kier alpha value is -2.08. The average Bonchev–Trinajstić information content (AvgIpc) is 3.00. The van der Waals surface area contributed by atoms with Gasteiger partial charge in [0, 0.05) is 49.7 Å². The van der Waals surface area contributed by atoms with E-state index in [2.05, 4.69) is 35.1 Å². The third kappa shape index (κ3) is 5.23. The summed E-state index contributed by atoms with van der Waals surface area (Å²) in [5.74, 6) is 1.80. The Balaban J connectivity index is 2.00. The molecule has 0 aliphatic heterocycles. The molecule has 2 rings (SSSR count). The van der Waals surface area contributed by atoms with Gasteiger partial charge in [0.25, 0.3) is 0 Å². The SMILES string of the molecule is CCNC(=NCCc1ncc(C)s1)N(C)Cc1ccccc1OC. The topological polar surface area (TPSA) is 49.8 Å². The fraction of sp³-hybridized carbons (Fsp3) is 0.444. The molecule has 0 saturated heterocycles. The van der Waals surface area contributed by atoms with Crippen molar-refractivity contribution in [3.63, 3.8) is 0 Å². The van der Waals surface area contributed by atoms with Crippen LogP contribution in [0.3, 0.4) is 0 Å². The van der Waals surface area contributed by atoms with Gasteiger partial charge >= 0.3 is 0 Å². The van der Waals surface area contributed by atoms with E-state index in [1.54, 1.807) is 18.4 Å². The summed E-state index contributed by atoms with van der Waals surface area (Å²) in [7, 11) is 3.75. The molecule has 5 nitrogen and oxygen atoms in total. The van der Waals surface area contributed by atoms with Gasteiger partial charge in [0.05, 0.1) is 12.1 Å². The van der Waals surface area contributed by atoms with Gasteiger partial charge in [-0.3, -0.25) is 4.99 Å². The number of thiazole rings is 1. The van der Waals surface area contributed by atoms with Gasteiger partial charge in [0.15, 0.2) is 5.96 Å². The Morgan fingerprint density at radius 3 is 2.83 bits per heavy atom. The molecule has 130 valence electrons. The molecule has 0 bridgehead atoms. The molecule has 24 heavy (non-hydrogen) atoms. The van der Waals surface area contributed by atoms with E-state index < -0.39 is 0 Å². The highest BCUT2D eigenvalue weighted by Gasteiger charge is 2.09. The normalized spacial score (nSPS) is 11.4. The van der Waals surface area contributed by atoms with Crippen LogP contribution < -0.4 is 10.1 Å². The van der Waals surface area contributed by atoms with Crippen molar-refractivity contribution >= 4 is 17.3 Å². The first-order chi connectivity index (χ1) is 11.6. The Kier molecular flexibility index (Phi) is 7.06. The first kappa shape index (κ1) is 18.3. The van der Waals surface area contributed by atoms with E-state index in [1.165, 1.54) is 4.88 Å². The summed E-state index contributed by atoms with van der Waals surface area (Å²) in [6.07, 6.45) is 2.79. The van der Waals surface area contributed by atoms with Crippen LogP contribution in [0.5, 0.6) is 5.75 Å². The van der Waals surface area contributed by atoms with E-state index in [9.17, 15) is 0 Å². The van der Waals surface area contributed by atoms with Crippen molar-refractivity contribution < 1.29 is 4.74 Å². The molecule has 0 radical (unpaired) electrons. The zero-order chi connectivity index (χ0) is 17.4. The van der Waals surface area contributed by atoms with Crippen LogP contribution in [0.25, 0.3) is 0 Å². The average molecular weight is 347 g/mol. The van der Waals surface area contributed by atoms with Gasteiger partial charge in [0.2, 0.25) is 0 Å². The van der Waals surface area contributed by atoms with Crippen LogP contribution in [0.4, 0.5) is 0 Å². The molecule has 0 saturated carbocycles. The number of hydrogen-bond acceptors (Lipinski definition) is 4. The molecule has 1 N–H and O–H groups in total. The molecule has 0 aliphatic rings. The molecule has 1 aromatic heterocycles. The number of aromatic nitrogens is 1. The zero-order valence-corrected chi connectivity index (χ0v) is 15.7. The summed E-state index contributed by atoms with van der Waals surface area (Å²) in [4.78, 5) is 12.5. The van der Waals surface area contributed by atoms with E-state index in [1.807, 2.05) is 31.4 Å². The van der Waals surface area contributed by atoms with Gasteiger partial charge < -0.3 is 15.0 Å². The molecule has 0 fully saturated rings. The predicted octanol–water partition coefficient (Wildman–Crippen LogP) is 3.10. The van der Waals surface area contributed by atoms with Gasteiger partial charge in [0.1, 0.15) is 5.75 Å². The molecule has 2 aromatic rings. The molecule has 0 amide bonds. The molecular formula is C18H26N4OS. The Morgan fingerprint density at radius 2 is 2.17 bits per heavy atom. The van der Waals surface area contributed by atoms with Crippen LogP contribution in [0, 0.1) is 6.92 Å². The Morgan fingerprint density at radius 1 is 1.38 bits per heavy atom. The number of methoxy groups -OCH3 is 1. The summed E-state index contributed by atoms with van der Waals surface area (Å²) < 4.78 is 5.43. The fourth-order valence-corrected chi connectivity index (χ4v) is 3.18. The van der Waals surface area contributed by atoms with Gasteiger partial charge in [-0.25, -0.2) is 4.98 Å². The first-order valence-corrected chi connectivity index (χ1v) is 8.98. The summed E-state index contributed by atoms with van der Waals surface area (Å²) in [5, 5.41) is 4.49. The van der Waals surface area contributed by atoms with Crippen LogP contribution >= 0.6 is 11.3 Å². The number of ether oxygens (including phenoxy) is 1. The van der Waals surface area contributed by atoms with Crippen molar-refractivity contribution in [2.24, 2.45) is 4.99 Å². The molecule has 0 unspecified atom stereocenters. The second-order valence-electron chi connectivity index (χ2n) is 5.52. The van der Waals surface area contributed by atoms with Crippen LogP contribution in [-0.4, -0.2) is 43.1 Å². The number of hydrogen-bond donors (Lipinski definition) is 1. The monoisotopic (exact) mass is 346 g/mol. The minimum absolute atomic E-state index is 0.728. The highest BCUT2D eigenvalue weighted by atomic mass is 32.1. The molecule has 0 spiro atoms. The van der Waals surface area contributed by atoms with Gasteiger partial charge in [-0.2, -0.15) is 0 Å². The second-order valence-corrected chi connectivity index (χ2v) is 6.84. The first-order valence-electron chi connectivity index (χ1n) is 8.16. The van der Waals surface area contributed by atoms with Crippen molar-refractivity contribution in [1.82, 2.24) is 15.2 Å². The lowest BCUT2D eigenvalue weighted by Gasteiger charge is -2.23. The summed E-state index contributed by atoms with van der Waals surface area (Å²) in [6, 6.07) is 8.08. The zero-order valence-electron chi connectivity index (χ0n) is 14.9. The smallest absolute Gasteiger partial charge is 0.193 e. The number of nitrogens with one attached hydrogen (secondary N) is 1. The van der Waals surface area contributed by atoms with Crippen molar-refractivity contribution in [3.05, 3.63) is 45.9 Å². The third-order valence-electron chi connectivity index (χ3n) is 3.55. The minimum Gasteiger partial charge on any atom is -0.496 e. The lowest BCUT2D eigenvalue weighted by Crippen LogP contribution is -2.38. The molecule has 0 aliphatic carbocycles. The van der Waals surface area contributed by atoms with E-state index in [-0.39, 0.29) is 0 Å². The van der Waals surface area contributed by atoms with E-state index in [0.29, 0.717) is 0 Å². The van der Waals surface area contributed by atoms with E-state index in [4.69, 9.17) is 9.73 Å². The molecular weight excluding hydrogens is 320 g/mol. The van der Waals surface area contributed by atoms with E-state index in [0.717, 1.165) is 48.3 Å². The summed E-state index contributed by atoms with van der Waals surface area (Å²) in [6.45, 7) is 6.47. The number of guanidine groups is 1. The highest BCUT2D eigenvalue weighted by Crippen LogP contribution is 2.18. The van der Waals surface area contributed by atoms with Gasteiger partial charge in [-0.1, -0.05) is 18.2 Å². The molecule has 6 heteroatoms. The largest absolute Gasteiger partial charge is 0.496 e. The van der Waals surface area contributed by atoms with Crippen molar-refractivity contribution in [2.75, 3.05) is 27.2 Å². The summed E-state index contributed by atoms with van der Waals surface area (Å²) >= 11 is 1.74. The standard InChI is InChI=1S/C18H26N4OS/c1-5-19-18(20-11-10-17-21-12-14(2)24-17)22(3)13-15-8-6-7-9-16(15)23-4/h6-9,12H,5,10-11,13H2,1-4H3,(H,19,20). The molecule has 0 atom stereocenters. The van der Waals surface area contributed by atoms with Crippen molar-refractivity contribution in [3.8, 4) is 5.75 Å². The number of nitrogens with zero attached hydrogens (tertiary/aromatic N) is 3. The fourth-order valence-electron chi connectivity index (χ4n) is 2.41. The lowest BCUT2D eigenvalue weighted by molar-refractivity contribution is 0.396. The van der Waals surface area contributed by atoms with Crippen LogP contribution in [-0.2, 0) is 13.0 Å². The van der Waals surface area contributed by atoms with Crippen LogP contribution in [0.1, 0.15) is 22.4 Å². The maximum atomic E-state index is 5.43. The number of rotatable bonds is 7. The minimum atomic E-state index is 0.728. The number of aliphatic imine (C=N–C) groups is 1. The second kappa shape index (κ2) is 9.27. The van der Waals surface area contributed by atoms with Crippen LogP contribution in [0.15, 0.2) is 35.5 Å². The maximum Gasteiger partial charge on any atom is 0.193 e. The third-order valence-corrected chi connectivity index (χ3v) is 4.53. The number of para-hydroxylation sites is 1. The predicted molar refractivity (Wildman–Crippen MR) is 101 cm³/mol. The Labute approximate surface area is 148 Å². The quantitative estimate of drug-likeness (QED) is 0.618. The molecule has 1 aromatic carbocycles. The molecule has 1 heterocycles. The van der Waals surface area contributed by atoms with Gasteiger partial charge in [-0.05, 0) is 19.9 Å². The van der Waals surface area contributed by atoms with Crippen molar-refractivity contribution in [1.29, 1.82) is 0 Å². The van der Waals surface area contributed by atoms with E-state index >= 15 is 0 Å². The lowest BCUT2D eigenvalue weighted by atomic mass is 10.2. The maximum absolute atomic E-state index is 5.43. The number of aryl methyl sites for hydroxylation is 1. The highest BCUT2D eigenvalue weighted by molar-refractivity contribution is 7.11. The van der Waals surface area contributed by atoms with Crippen molar-refractivity contribution in [2.45, 2.75) is 26.8 Å². The number of benzene rings is 1. The Bertz CT molecular complexity index is 669. The van der Waals surface area contributed by atoms with Crippen LogP contribution in [0.2, 0.25) is 0 Å².